The molecule has 1 heterocycles. The number of pyridine rings is 1. The van der Waals surface area contributed by atoms with Gasteiger partial charge >= 0.3 is 0 Å². The lowest BCUT2D eigenvalue weighted by Crippen LogP contribution is -1.85. The average molecular weight is 224 g/mol. The molecule has 2 rings (SSSR count). The fourth-order valence-corrected chi connectivity index (χ4v) is 1.96. The highest BCUT2D eigenvalue weighted by atomic mass is 14.7. The lowest BCUT2D eigenvalue weighted by Gasteiger charge is -2.06. The van der Waals surface area contributed by atoms with Gasteiger partial charge in [-0.1, -0.05) is 17.7 Å². The van der Waals surface area contributed by atoms with Crippen molar-refractivity contribution in [3.8, 4) is 0 Å². The van der Waals surface area contributed by atoms with Gasteiger partial charge in [0, 0.05) is 18.6 Å². The third-order valence-electron chi connectivity index (χ3n) is 2.68. The molecule has 0 amide bonds. The molecule has 2 heteroatoms. The van der Waals surface area contributed by atoms with Crippen LogP contribution in [0.1, 0.15) is 22.3 Å². The van der Waals surface area contributed by atoms with Crippen molar-refractivity contribution < 1.29 is 0 Å². The van der Waals surface area contributed by atoms with Crippen molar-refractivity contribution in [2.45, 2.75) is 20.8 Å². The van der Waals surface area contributed by atoms with Gasteiger partial charge in [-0.05, 0) is 49.6 Å². The van der Waals surface area contributed by atoms with Crippen molar-refractivity contribution in [1.82, 2.24) is 4.98 Å². The molecule has 0 aliphatic rings. The van der Waals surface area contributed by atoms with Crippen molar-refractivity contribution in [2.75, 3.05) is 0 Å². The molecule has 0 atom stereocenters. The summed E-state index contributed by atoms with van der Waals surface area (Å²) in [6.45, 7) is 6.30. The van der Waals surface area contributed by atoms with E-state index in [1.165, 1.54) is 16.7 Å². The Kier molecular flexibility index (Phi) is 3.33. The number of nitrogens with zero attached hydrogens (tertiary/aromatic N) is 2. The van der Waals surface area contributed by atoms with Gasteiger partial charge in [0.1, 0.15) is 0 Å². The second-order valence-electron chi connectivity index (χ2n) is 4.29. The summed E-state index contributed by atoms with van der Waals surface area (Å²) in [6, 6.07) is 8.21. The van der Waals surface area contributed by atoms with Crippen LogP contribution in [0.3, 0.4) is 0 Å². The van der Waals surface area contributed by atoms with E-state index in [4.69, 9.17) is 0 Å². The molecule has 0 aliphatic heterocycles. The standard InChI is InChI=1S/C15H16N2/c1-11-8-12(2)15(13(3)9-11)17-10-14-4-6-16-7-5-14/h4-10H,1-3H3. The topological polar surface area (TPSA) is 25.2 Å². The number of rotatable bonds is 2. The molecular formula is C15H16N2. The Balaban J connectivity index is 2.34. The first-order valence-electron chi connectivity index (χ1n) is 5.69. The summed E-state index contributed by atoms with van der Waals surface area (Å²) < 4.78 is 0. The van der Waals surface area contributed by atoms with Gasteiger partial charge in [-0.2, -0.15) is 0 Å². The van der Waals surface area contributed by atoms with Crippen molar-refractivity contribution in [3.05, 3.63) is 58.9 Å². The first-order valence-corrected chi connectivity index (χ1v) is 5.69. The van der Waals surface area contributed by atoms with E-state index < -0.39 is 0 Å². The number of benzene rings is 1. The second kappa shape index (κ2) is 4.91. The maximum Gasteiger partial charge on any atom is 0.0688 e. The number of aromatic nitrogens is 1. The van der Waals surface area contributed by atoms with Crippen LogP contribution in [0.4, 0.5) is 5.69 Å². The fourth-order valence-electron chi connectivity index (χ4n) is 1.96. The molecule has 0 N–H and O–H groups in total. The lowest BCUT2D eigenvalue weighted by atomic mass is 10.1. The Morgan fingerprint density at radius 2 is 1.59 bits per heavy atom. The van der Waals surface area contributed by atoms with Gasteiger partial charge in [-0.15, -0.1) is 0 Å². The van der Waals surface area contributed by atoms with Gasteiger partial charge < -0.3 is 0 Å². The molecule has 0 fully saturated rings. The molecule has 0 radical (unpaired) electrons. The molecule has 0 bridgehead atoms. The maximum absolute atomic E-state index is 4.56. The summed E-state index contributed by atoms with van der Waals surface area (Å²) >= 11 is 0. The average Bonchev–Trinajstić information content (AvgIpc) is 2.29. The number of aliphatic imine (C=N–C) groups is 1. The Bertz CT molecular complexity index is 519. The SMILES string of the molecule is Cc1cc(C)c(N=Cc2ccncc2)c(C)c1. The van der Waals surface area contributed by atoms with E-state index in [-0.39, 0.29) is 0 Å². The smallest absolute Gasteiger partial charge is 0.0688 e. The first-order chi connectivity index (χ1) is 8.16. The third-order valence-corrected chi connectivity index (χ3v) is 2.68. The molecule has 1 aromatic heterocycles. The molecule has 86 valence electrons. The minimum Gasteiger partial charge on any atom is -0.265 e. The summed E-state index contributed by atoms with van der Waals surface area (Å²) in [5, 5.41) is 0. The van der Waals surface area contributed by atoms with Gasteiger partial charge in [0.05, 0.1) is 5.69 Å². The van der Waals surface area contributed by atoms with Crippen LogP contribution < -0.4 is 0 Å². The minimum atomic E-state index is 1.06. The van der Waals surface area contributed by atoms with Crippen LogP contribution in [0.25, 0.3) is 0 Å². The molecule has 1 aromatic carbocycles. The summed E-state index contributed by atoms with van der Waals surface area (Å²) in [4.78, 5) is 8.55. The van der Waals surface area contributed by atoms with Crippen molar-refractivity contribution in [3.63, 3.8) is 0 Å². The molecule has 0 saturated carbocycles. The molecule has 2 nitrogen and oxygen atoms in total. The van der Waals surface area contributed by atoms with Crippen LogP contribution in [0, 0.1) is 20.8 Å². The van der Waals surface area contributed by atoms with E-state index in [0.717, 1.165) is 11.3 Å². The zero-order valence-electron chi connectivity index (χ0n) is 10.4. The van der Waals surface area contributed by atoms with Gasteiger partial charge in [0.25, 0.3) is 0 Å². The molecule has 17 heavy (non-hydrogen) atoms. The zero-order valence-corrected chi connectivity index (χ0v) is 10.4. The van der Waals surface area contributed by atoms with Crippen molar-refractivity contribution in [2.24, 2.45) is 4.99 Å². The Hall–Kier alpha value is -1.96. The van der Waals surface area contributed by atoms with Crippen LogP contribution in [0.15, 0.2) is 41.7 Å². The Morgan fingerprint density at radius 3 is 2.18 bits per heavy atom. The molecule has 0 saturated heterocycles. The molecule has 0 spiro atoms. The number of hydrogen-bond acceptors (Lipinski definition) is 2. The van der Waals surface area contributed by atoms with Crippen LogP contribution in [-0.4, -0.2) is 11.2 Å². The number of hydrogen-bond donors (Lipinski definition) is 0. The van der Waals surface area contributed by atoms with Crippen LogP contribution in [0.5, 0.6) is 0 Å². The summed E-state index contributed by atoms with van der Waals surface area (Å²) in [5.74, 6) is 0. The second-order valence-corrected chi connectivity index (χ2v) is 4.29. The summed E-state index contributed by atoms with van der Waals surface area (Å²) in [5.41, 5.74) is 5.84. The number of aryl methyl sites for hydroxylation is 3. The highest BCUT2D eigenvalue weighted by molar-refractivity contribution is 5.82. The largest absolute Gasteiger partial charge is 0.265 e. The van der Waals surface area contributed by atoms with Crippen LogP contribution in [0.2, 0.25) is 0 Å². The van der Waals surface area contributed by atoms with E-state index in [9.17, 15) is 0 Å². The van der Waals surface area contributed by atoms with E-state index in [2.05, 4.69) is 42.9 Å². The zero-order chi connectivity index (χ0) is 12.3. The normalized spacial score (nSPS) is 11.0. The first kappa shape index (κ1) is 11.5. The molecule has 0 unspecified atom stereocenters. The van der Waals surface area contributed by atoms with Gasteiger partial charge in [-0.25, -0.2) is 0 Å². The van der Waals surface area contributed by atoms with E-state index in [1.54, 1.807) is 12.4 Å². The van der Waals surface area contributed by atoms with E-state index in [0.29, 0.717) is 0 Å². The Labute approximate surface area is 102 Å². The maximum atomic E-state index is 4.56. The predicted octanol–water partition coefficient (Wildman–Crippen LogP) is 3.76. The van der Waals surface area contributed by atoms with E-state index >= 15 is 0 Å². The van der Waals surface area contributed by atoms with Gasteiger partial charge in [-0.3, -0.25) is 9.98 Å². The monoisotopic (exact) mass is 224 g/mol. The summed E-state index contributed by atoms with van der Waals surface area (Å²) in [7, 11) is 0. The highest BCUT2D eigenvalue weighted by Crippen LogP contribution is 2.24. The van der Waals surface area contributed by atoms with Gasteiger partial charge in [0.15, 0.2) is 0 Å². The molecule has 0 aliphatic carbocycles. The molecule has 2 aromatic rings. The van der Waals surface area contributed by atoms with Crippen LogP contribution in [-0.2, 0) is 0 Å². The predicted molar refractivity (Wildman–Crippen MR) is 72.1 cm³/mol. The van der Waals surface area contributed by atoms with Gasteiger partial charge in [0.2, 0.25) is 0 Å². The third kappa shape index (κ3) is 2.78. The van der Waals surface area contributed by atoms with Crippen LogP contribution >= 0.6 is 0 Å². The fraction of sp³-hybridized carbons (Fsp3) is 0.200. The molecular weight excluding hydrogens is 208 g/mol. The summed E-state index contributed by atoms with van der Waals surface area (Å²) in [6.07, 6.45) is 5.43. The quantitative estimate of drug-likeness (QED) is 0.713. The van der Waals surface area contributed by atoms with Crippen molar-refractivity contribution in [1.29, 1.82) is 0 Å². The Morgan fingerprint density at radius 1 is 1.00 bits per heavy atom. The van der Waals surface area contributed by atoms with Crippen molar-refractivity contribution >= 4 is 11.9 Å². The van der Waals surface area contributed by atoms with E-state index in [1.807, 2.05) is 18.3 Å². The highest BCUT2D eigenvalue weighted by Gasteiger charge is 2.01. The minimum absolute atomic E-state index is 1.06. The lowest BCUT2D eigenvalue weighted by molar-refractivity contribution is 1.29.